The summed E-state index contributed by atoms with van der Waals surface area (Å²) in [6, 6.07) is 5.05. The van der Waals surface area contributed by atoms with E-state index in [1.807, 2.05) is 4.90 Å². The van der Waals surface area contributed by atoms with Crippen molar-refractivity contribution < 1.29 is 14.3 Å². The summed E-state index contributed by atoms with van der Waals surface area (Å²) in [5, 5.41) is 13.3. The van der Waals surface area contributed by atoms with Gasteiger partial charge >= 0.3 is 5.97 Å². The third-order valence-corrected chi connectivity index (χ3v) is 5.14. The van der Waals surface area contributed by atoms with E-state index in [-0.39, 0.29) is 28.9 Å². The Bertz CT molecular complexity index is 1160. The molecule has 2 atom stereocenters. The van der Waals surface area contributed by atoms with Crippen LogP contribution in [0.2, 0.25) is 0 Å². The first-order valence-corrected chi connectivity index (χ1v) is 9.12. The van der Waals surface area contributed by atoms with Crippen LogP contribution in [-0.4, -0.2) is 45.8 Å². The van der Waals surface area contributed by atoms with E-state index < -0.39 is 11.4 Å². The molecule has 28 heavy (non-hydrogen) atoms. The summed E-state index contributed by atoms with van der Waals surface area (Å²) in [4.78, 5) is 30.3. The minimum Gasteiger partial charge on any atom is -0.477 e. The molecule has 4 rings (SSSR count). The number of carboxylic acids is 1. The number of piperazine rings is 1. The normalized spacial score (nSPS) is 20.1. The molecule has 3 aromatic rings. The molecule has 0 radical (unpaired) electrons. The van der Waals surface area contributed by atoms with Crippen molar-refractivity contribution in [1.82, 2.24) is 14.9 Å². The second-order valence-corrected chi connectivity index (χ2v) is 7.52. The van der Waals surface area contributed by atoms with Crippen LogP contribution in [0.1, 0.15) is 24.2 Å². The van der Waals surface area contributed by atoms with Gasteiger partial charge in [0.05, 0.1) is 16.6 Å². The summed E-state index contributed by atoms with van der Waals surface area (Å²) in [7, 11) is 1.64. The molecule has 1 saturated heterocycles. The van der Waals surface area contributed by atoms with Crippen LogP contribution in [0.15, 0.2) is 29.2 Å². The molecule has 146 valence electrons. The highest BCUT2D eigenvalue weighted by atomic mass is 19.1. The number of aryl methyl sites for hydroxylation is 1. The number of aromatic carboxylic acids is 1. The Kier molecular flexibility index (Phi) is 4.30. The van der Waals surface area contributed by atoms with Crippen LogP contribution in [0, 0.1) is 5.82 Å². The van der Waals surface area contributed by atoms with Gasteiger partial charge in [-0.1, -0.05) is 0 Å². The van der Waals surface area contributed by atoms with E-state index >= 15 is 0 Å². The number of benzene rings is 1. The molecule has 2 N–H and O–H groups in total. The Hall–Kier alpha value is -3.00. The van der Waals surface area contributed by atoms with Gasteiger partial charge in [0, 0.05) is 43.8 Å². The summed E-state index contributed by atoms with van der Waals surface area (Å²) >= 11 is 0. The second kappa shape index (κ2) is 6.56. The molecule has 0 saturated carbocycles. The molecule has 7 nitrogen and oxygen atoms in total. The molecule has 2 aromatic heterocycles. The number of halogens is 1. The van der Waals surface area contributed by atoms with Gasteiger partial charge in [0.1, 0.15) is 17.0 Å². The number of anilines is 1. The minimum atomic E-state index is -1.30. The van der Waals surface area contributed by atoms with Gasteiger partial charge in [-0.2, -0.15) is 0 Å². The smallest absolute Gasteiger partial charge is 0.341 e. The first-order valence-electron chi connectivity index (χ1n) is 9.12. The van der Waals surface area contributed by atoms with Crippen LogP contribution in [0.5, 0.6) is 0 Å². The SMILES string of the molecule is CC1CN(c2cc3nc4c(cc3cc2F)c(=O)c(C(=O)O)cn4C)CC(C)N1. The third-order valence-electron chi connectivity index (χ3n) is 5.14. The summed E-state index contributed by atoms with van der Waals surface area (Å²) in [5.41, 5.74) is 0.441. The van der Waals surface area contributed by atoms with Crippen molar-refractivity contribution in [2.45, 2.75) is 25.9 Å². The van der Waals surface area contributed by atoms with E-state index in [0.717, 1.165) is 0 Å². The van der Waals surface area contributed by atoms with Crippen molar-refractivity contribution in [1.29, 1.82) is 0 Å². The minimum absolute atomic E-state index is 0.159. The van der Waals surface area contributed by atoms with E-state index in [0.29, 0.717) is 35.3 Å². The number of rotatable bonds is 2. The van der Waals surface area contributed by atoms with Crippen molar-refractivity contribution in [3.63, 3.8) is 0 Å². The lowest BCUT2D eigenvalue weighted by atomic mass is 10.1. The number of nitrogens with one attached hydrogen (secondary N) is 1. The van der Waals surface area contributed by atoms with Gasteiger partial charge in [-0.25, -0.2) is 14.2 Å². The highest BCUT2D eigenvalue weighted by Crippen LogP contribution is 2.28. The molecular weight excluding hydrogens is 363 g/mol. The molecule has 2 unspecified atom stereocenters. The number of pyridine rings is 2. The predicted octanol–water partition coefficient (Wildman–Crippen LogP) is 2.11. The van der Waals surface area contributed by atoms with Crippen molar-refractivity contribution in [3.05, 3.63) is 46.0 Å². The fourth-order valence-corrected chi connectivity index (χ4v) is 3.99. The molecule has 0 spiro atoms. The van der Waals surface area contributed by atoms with Crippen molar-refractivity contribution >= 4 is 33.6 Å². The average molecular weight is 384 g/mol. The number of hydrogen-bond acceptors (Lipinski definition) is 5. The van der Waals surface area contributed by atoms with Crippen LogP contribution in [0.25, 0.3) is 21.9 Å². The summed E-state index contributed by atoms with van der Waals surface area (Å²) in [6.45, 7) is 5.48. The van der Waals surface area contributed by atoms with Crippen LogP contribution in [0.3, 0.4) is 0 Å². The van der Waals surface area contributed by atoms with Crippen LogP contribution >= 0.6 is 0 Å². The molecule has 1 aliphatic heterocycles. The maximum Gasteiger partial charge on any atom is 0.341 e. The molecule has 1 fully saturated rings. The summed E-state index contributed by atoms with van der Waals surface area (Å²) < 4.78 is 16.4. The molecule has 0 bridgehead atoms. The molecule has 3 heterocycles. The number of carbonyl (C=O) groups is 1. The topological polar surface area (TPSA) is 87.5 Å². The Morgan fingerprint density at radius 3 is 2.57 bits per heavy atom. The molecule has 0 aliphatic carbocycles. The largest absolute Gasteiger partial charge is 0.477 e. The Morgan fingerprint density at radius 1 is 1.25 bits per heavy atom. The van der Waals surface area contributed by atoms with Gasteiger partial charge in [0.15, 0.2) is 0 Å². The van der Waals surface area contributed by atoms with E-state index in [4.69, 9.17) is 0 Å². The van der Waals surface area contributed by atoms with Gasteiger partial charge < -0.3 is 19.9 Å². The van der Waals surface area contributed by atoms with Crippen LogP contribution in [-0.2, 0) is 7.05 Å². The predicted molar refractivity (Wildman–Crippen MR) is 106 cm³/mol. The zero-order valence-corrected chi connectivity index (χ0v) is 15.9. The molecule has 1 aromatic carbocycles. The molecule has 0 amide bonds. The number of aromatic nitrogens is 2. The fraction of sp³-hybridized carbons (Fsp3) is 0.350. The third kappa shape index (κ3) is 2.99. The zero-order valence-electron chi connectivity index (χ0n) is 15.9. The van der Waals surface area contributed by atoms with Gasteiger partial charge in [-0.05, 0) is 32.0 Å². The maximum atomic E-state index is 14.9. The van der Waals surface area contributed by atoms with E-state index in [1.54, 1.807) is 13.1 Å². The lowest BCUT2D eigenvalue weighted by Gasteiger charge is -2.37. The van der Waals surface area contributed by atoms with E-state index in [1.165, 1.54) is 22.9 Å². The number of carboxylic acid groups (broad SMARTS) is 1. The average Bonchev–Trinajstić information content (AvgIpc) is 2.62. The lowest BCUT2D eigenvalue weighted by Crippen LogP contribution is -2.54. The maximum absolute atomic E-state index is 14.9. The fourth-order valence-electron chi connectivity index (χ4n) is 3.99. The van der Waals surface area contributed by atoms with Gasteiger partial charge in [-0.15, -0.1) is 0 Å². The quantitative estimate of drug-likeness (QED) is 0.658. The van der Waals surface area contributed by atoms with Crippen LogP contribution in [0.4, 0.5) is 10.1 Å². The van der Waals surface area contributed by atoms with Gasteiger partial charge in [0.25, 0.3) is 0 Å². The first-order chi connectivity index (χ1) is 13.2. The van der Waals surface area contributed by atoms with Crippen molar-refractivity contribution in [2.24, 2.45) is 7.05 Å². The van der Waals surface area contributed by atoms with Crippen LogP contribution < -0.4 is 15.6 Å². The Balaban J connectivity index is 1.92. The van der Waals surface area contributed by atoms with E-state index in [9.17, 15) is 19.1 Å². The molecule has 1 aliphatic rings. The summed E-state index contributed by atoms with van der Waals surface area (Å²) in [6.07, 6.45) is 1.26. The highest BCUT2D eigenvalue weighted by Gasteiger charge is 2.24. The van der Waals surface area contributed by atoms with Gasteiger partial charge in [-0.3, -0.25) is 4.79 Å². The standard InChI is InChI=1S/C20H21FN4O3/c1-10-7-25(8-11(2)22-10)17-6-16-12(5-15(17)21)4-13-18(26)14(20(27)28)9-24(3)19(13)23-16/h4-6,9-11,22H,7-8H2,1-3H3,(H,27,28). The molecule has 8 heteroatoms. The van der Waals surface area contributed by atoms with Crippen molar-refractivity contribution in [2.75, 3.05) is 18.0 Å². The van der Waals surface area contributed by atoms with Crippen molar-refractivity contribution in [3.8, 4) is 0 Å². The van der Waals surface area contributed by atoms with E-state index in [2.05, 4.69) is 24.1 Å². The summed E-state index contributed by atoms with van der Waals surface area (Å²) in [5.74, 6) is -1.69. The zero-order chi connectivity index (χ0) is 20.2. The first kappa shape index (κ1) is 18.4. The number of nitrogens with zero attached hydrogens (tertiary/aromatic N) is 3. The second-order valence-electron chi connectivity index (χ2n) is 7.52. The highest BCUT2D eigenvalue weighted by molar-refractivity contribution is 5.96. The Morgan fingerprint density at radius 2 is 1.93 bits per heavy atom. The lowest BCUT2D eigenvalue weighted by molar-refractivity contribution is 0.0695. The number of fused-ring (bicyclic) bond motifs is 2. The van der Waals surface area contributed by atoms with Gasteiger partial charge in [0.2, 0.25) is 5.43 Å². The molecular formula is C20H21FN4O3. The number of hydrogen-bond donors (Lipinski definition) is 2. The Labute approximate surface area is 160 Å². The monoisotopic (exact) mass is 384 g/mol.